The summed E-state index contributed by atoms with van der Waals surface area (Å²) in [6.07, 6.45) is 0. The highest BCUT2D eigenvalue weighted by atomic mass is 79.9. The number of nitrogen functional groups attached to an aromatic ring is 1. The van der Waals surface area contributed by atoms with Gasteiger partial charge in [-0.15, -0.1) is 0 Å². The molecule has 0 spiro atoms. The largest absolute Gasteiger partial charge is 0.395 e. The first kappa shape index (κ1) is 8.02. The van der Waals surface area contributed by atoms with Gasteiger partial charge in [0.15, 0.2) is 0 Å². The molecule has 1 aromatic rings. The van der Waals surface area contributed by atoms with Crippen LogP contribution in [0.2, 0.25) is 0 Å². The van der Waals surface area contributed by atoms with Gasteiger partial charge in [-0.3, -0.25) is 0 Å². The molecule has 56 valence electrons. The number of hydrogen-bond acceptors (Lipinski definition) is 2. The highest BCUT2D eigenvalue weighted by molar-refractivity contribution is 9.10. The minimum absolute atomic E-state index is 0.109. The molecule has 4 heteroatoms. The summed E-state index contributed by atoms with van der Waals surface area (Å²) < 4.78 is 13.2. The Morgan fingerprint density at radius 3 is 2.64 bits per heavy atom. The normalized spacial score (nSPS) is 9.18. The highest BCUT2D eigenvalue weighted by Gasteiger charge is 2.07. The molecule has 0 saturated carbocycles. The van der Waals surface area contributed by atoms with Gasteiger partial charge in [0.2, 0.25) is 0 Å². The van der Waals surface area contributed by atoms with Gasteiger partial charge in [-0.1, -0.05) is 0 Å². The minimum Gasteiger partial charge on any atom is -0.395 e. The number of nitrogens with two attached hydrogens (primary N) is 1. The van der Waals surface area contributed by atoms with Gasteiger partial charge >= 0.3 is 0 Å². The van der Waals surface area contributed by atoms with Crippen molar-refractivity contribution in [2.45, 2.75) is 0 Å². The molecule has 1 rings (SSSR count). The molecule has 0 aliphatic carbocycles. The Hall–Kier alpha value is -1.08. The Labute approximate surface area is 71.6 Å². The number of benzene rings is 1. The van der Waals surface area contributed by atoms with Crippen LogP contribution in [0.25, 0.3) is 0 Å². The van der Waals surface area contributed by atoms with Crippen LogP contribution in [-0.2, 0) is 0 Å². The summed E-state index contributed by atoms with van der Waals surface area (Å²) >= 11 is 3.07. The molecule has 11 heavy (non-hydrogen) atoms. The molecule has 0 unspecified atom stereocenters. The third-order valence-electron chi connectivity index (χ3n) is 1.25. The van der Waals surface area contributed by atoms with Gasteiger partial charge in [-0.2, -0.15) is 5.26 Å². The highest BCUT2D eigenvalue weighted by Crippen LogP contribution is 2.23. The van der Waals surface area contributed by atoms with Crippen molar-refractivity contribution >= 4 is 21.6 Å². The molecule has 0 saturated heterocycles. The van der Waals surface area contributed by atoms with Crippen LogP contribution in [0.3, 0.4) is 0 Å². The molecule has 0 amide bonds. The Kier molecular flexibility index (Phi) is 2.11. The van der Waals surface area contributed by atoms with E-state index in [9.17, 15) is 4.39 Å². The molecule has 0 atom stereocenters. The van der Waals surface area contributed by atoms with Crippen LogP contribution in [0, 0.1) is 17.1 Å². The van der Waals surface area contributed by atoms with Gasteiger partial charge in [0.05, 0.1) is 11.3 Å². The number of rotatable bonds is 0. The van der Waals surface area contributed by atoms with E-state index in [1.807, 2.05) is 0 Å². The first-order valence-electron chi connectivity index (χ1n) is 2.80. The molecular weight excluding hydrogens is 211 g/mol. The summed E-state index contributed by atoms with van der Waals surface area (Å²) in [5, 5.41) is 8.50. The van der Waals surface area contributed by atoms with Gasteiger partial charge in [-0.25, -0.2) is 4.39 Å². The first-order valence-corrected chi connectivity index (χ1v) is 3.59. The third kappa shape index (κ3) is 1.33. The monoisotopic (exact) mass is 214 g/mol. The van der Waals surface area contributed by atoms with Gasteiger partial charge in [0.1, 0.15) is 11.9 Å². The van der Waals surface area contributed by atoms with Crippen molar-refractivity contribution in [3.8, 4) is 6.07 Å². The molecule has 0 aliphatic heterocycles. The molecule has 2 nitrogen and oxygen atoms in total. The van der Waals surface area contributed by atoms with Crippen molar-refractivity contribution in [2.75, 3.05) is 5.73 Å². The van der Waals surface area contributed by atoms with Gasteiger partial charge in [0, 0.05) is 4.47 Å². The molecule has 1 aromatic carbocycles. The lowest BCUT2D eigenvalue weighted by atomic mass is 10.2. The smallest absolute Gasteiger partial charge is 0.147 e. The molecule has 0 radical (unpaired) electrons. The SMILES string of the molecule is N#Cc1c(Br)ccc(F)c1N. The van der Waals surface area contributed by atoms with Crippen LogP contribution in [0.15, 0.2) is 16.6 Å². The molecule has 0 aromatic heterocycles. The summed E-state index contributed by atoms with van der Waals surface area (Å²) in [4.78, 5) is 0. The second-order valence-corrected chi connectivity index (χ2v) is 2.78. The number of halogens is 2. The maximum atomic E-state index is 12.6. The lowest BCUT2D eigenvalue weighted by molar-refractivity contribution is 0.632. The van der Waals surface area contributed by atoms with Gasteiger partial charge in [-0.05, 0) is 28.1 Å². The number of anilines is 1. The Balaban J connectivity index is 3.44. The van der Waals surface area contributed by atoms with E-state index in [0.717, 1.165) is 0 Å². The Bertz CT molecular complexity index is 330. The zero-order valence-corrected chi connectivity index (χ0v) is 7.02. The number of nitrogens with zero attached hydrogens (tertiary/aromatic N) is 1. The van der Waals surface area contributed by atoms with Gasteiger partial charge < -0.3 is 5.73 Å². The number of nitriles is 1. The second-order valence-electron chi connectivity index (χ2n) is 1.93. The van der Waals surface area contributed by atoms with E-state index < -0.39 is 5.82 Å². The van der Waals surface area contributed by atoms with E-state index in [1.165, 1.54) is 12.1 Å². The topological polar surface area (TPSA) is 49.8 Å². The summed E-state index contributed by atoms with van der Waals surface area (Å²) in [5.41, 5.74) is 5.30. The molecule has 0 bridgehead atoms. The van der Waals surface area contributed by atoms with E-state index in [1.54, 1.807) is 6.07 Å². The van der Waals surface area contributed by atoms with Crippen molar-refractivity contribution in [1.29, 1.82) is 5.26 Å². The standard InChI is InChI=1S/C7H4BrFN2/c8-5-1-2-6(9)7(11)4(5)3-10/h1-2H,11H2. The second kappa shape index (κ2) is 2.89. The molecule has 2 N–H and O–H groups in total. The van der Waals surface area contributed by atoms with E-state index in [0.29, 0.717) is 4.47 Å². The summed E-state index contributed by atoms with van der Waals surface area (Å²) in [7, 11) is 0. The van der Waals surface area contributed by atoms with Crippen molar-refractivity contribution in [1.82, 2.24) is 0 Å². The third-order valence-corrected chi connectivity index (χ3v) is 1.91. The average Bonchev–Trinajstić information content (AvgIpc) is 1.99. The fourth-order valence-corrected chi connectivity index (χ4v) is 1.12. The van der Waals surface area contributed by atoms with Crippen molar-refractivity contribution in [3.63, 3.8) is 0 Å². The maximum Gasteiger partial charge on any atom is 0.147 e. The van der Waals surface area contributed by atoms with Crippen LogP contribution in [-0.4, -0.2) is 0 Å². The van der Waals surface area contributed by atoms with E-state index >= 15 is 0 Å². The van der Waals surface area contributed by atoms with Crippen LogP contribution in [0.5, 0.6) is 0 Å². The predicted molar refractivity (Wildman–Crippen MR) is 43.2 cm³/mol. The van der Waals surface area contributed by atoms with E-state index in [4.69, 9.17) is 11.0 Å². The fourth-order valence-electron chi connectivity index (χ4n) is 0.681. The molecular formula is C7H4BrFN2. The van der Waals surface area contributed by atoms with Crippen LogP contribution in [0.1, 0.15) is 5.56 Å². The van der Waals surface area contributed by atoms with Crippen LogP contribution >= 0.6 is 15.9 Å². The zero-order chi connectivity index (χ0) is 8.43. The lowest BCUT2D eigenvalue weighted by Gasteiger charge is -1.99. The zero-order valence-electron chi connectivity index (χ0n) is 5.44. The fraction of sp³-hybridized carbons (Fsp3) is 0. The predicted octanol–water partition coefficient (Wildman–Crippen LogP) is 2.04. The molecule has 0 heterocycles. The average molecular weight is 215 g/mol. The first-order chi connectivity index (χ1) is 5.16. The minimum atomic E-state index is -0.565. The Morgan fingerprint density at radius 2 is 2.18 bits per heavy atom. The maximum absolute atomic E-state index is 12.6. The quantitative estimate of drug-likeness (QED) is 0.673. The van der Waals surface area contributed by atoms with E-state index in [2.05, 4.69) is 15.9 Å². The van der Waals surface area contributed by atoms with Crippen molar-refractivity contribution in [2.24, 2.45) is 0 Å². The van der Waals surface area contributed by atoms with Gasteiger partial charge in [0.25, 0.3) is 0 Å². The van der Waals surface area contributed by atoms with Crippen LogP contribution in [0.4, 0.5) is 10.1 Å². The summed E-state index contributed by atoms with van der Waals surface area (Å²) in [6, 6.07) is 4.45. The summed E-state index contributed by atoms with van der Waals surface area (Å²) in [6.45, 7) is 0. The van der Waals surface area contributed by atoms with Crippen LogP contribution < -0.4 is 5.73 Å². The van der Waals surface area contributed by atoms with E-state index in [-0.39, 0.29) is 11.3 Å². The Morgan fingerprint density at radius 1 is 1.55 bits per heavy atom. The molecule has 0 aliphatic rings. The lowest BCUT2D eigenvalue weighted by Crippen LogP contribution is -1.95. The van der Waals surface area contributed by atoms with Crippen molar-refractivity contribution in [3.05, 3.63) is 28.0 Å². The number of hydrogen-bond donors (Lipinski definition) is 1. The van der Waals surface area contributed by atoms with Crippen molar-refractivity contribution < 1.29 is 4.39 Å². The molecule has 0 fully saturated rings. The summed E-state index contributed by atoms with van der Waals surface area (Å²) in [5.74, 6) is -0.565.